The van der Waals surface area contributed by atoms with E-state index in [9.17, 15) is 9.59 Å². The van der Waals surface area contributed by atoms with E-state index in [-0.39, 0.29) is 30.4 Å². The predicted molar refractivity (Wildman–Crippen MR) is 113 cm³/mol. The molecule has 0 unspecified atom stereocenters. The number of aromatic nitrogens is 2. The molecule has 10 heteroatoms. The Kier molecular flexibility index (Phi) is 8.72. The Bertz CT molecular complexity index is 743. The smallest absolute Gasteiger partial charge is 0.290 e. The third-order valence-electron chi connectivity index (χ3n) is 6.16. The van der Waals surface area contributed by atoms with Crippen LogP contribution in [0.4, 0.5) is 0 Å². The zero-order valence-corrected chi connectivity index (χ0v) is 18.9. The van der Waals surface area contributed by atoms with Crippen molar-refractivity contribution >= 4 is 30.0 Å². The second kappa shape index (κ2) is 10.8. The van der Waals surface area contributed by atoms with Crippen LogP contribution in [0.15, 0.2) is 17.6 Å². The van der Waals surface area contributed by atoms with Gasteiger partial charge < -0.3 is 24.2 Å². The van der Waals surface area contributed by atoms with Crippen molar-refractivity contribution in [2.24, 2.45) is 12.5 Å². The fraction of sp³-hybridized carbons (Fsp3) is 0.700. The number of amides is 2. The predicted octanol–water partition coefficient (Wildman–Crippen LogP) is 1.48. The van der Waals surface area contributed by atoms with Crippen LogP contribution < -0.4 is 0 Å². The zero-order valence-electron chi connectivity index (χ0n) is 18.1. The average Bonchev–Trinajstić information content (AvgIpc) is 3.43. The molecule has 2 aliphatic heterocycles. The number of likely N-dealkylation sites (N-methyl/N-ethyl adjacent to an activating group) is 1. The highest BCUT2D eigenvalue weighted by Crippen LogP contribution is 2.52. The van der Waals surface area contributed by atoms with Crippen LogP contribution in [0.5, 0.6) is 0 Å². The summed E-state index contributed by atoms with van der Waals surface area (Å²) in [6.45, 7) is 2.94. The number of aryl methyl sites for hydroxylation is 1. The Labute approximate surface area is 181 Å². The van der Waals surface area contributed by atoms with Gasteiger partial charge >= 0.3 is 0 Å². The normalized spacial score (nSPS) is 24.3. The van der Waals surface area contributed by atoms with Crippen LogP contribution in [0.1, 0.15) is 32.6 Å². The second-order valence-electron chi connectivity index (χ2n) is 7.70. The molecule has 1 aromatic heterocycles. The van der Waals surface area contributed by atoms with Gasteiger partial charge in [-0.3, -0.25) is 14.4 Å². The number of carbonyl (C=O) groups excluding carboxylic acids is 2. The lowest BCUT2D eigenvalue weighted by Crippen LogP contribution is -2.50. The maximum atomic E-state index is 13.3. The van der Waals surface area contributed by atoms with Gasteiger partial charge in [-0.25, -0.2) is 4.98 Å². The molecule has 2 aliphatic rings. The molecule has 2 fully saturated rings. The third kappa shape index (κ3) is 4.80. The number of thioether (sulfide) groups is 1. The number of hydrogen-bond acceptors (Lipinski definition) is 6. The van der Waals surface area contributed by atoms with Crippen molar-refractivity contribution in [3.05, 3.63) is 12.4 Å². The molecule has 0 spiro atoms. The zero-order chi connectivity index (χ0) is 22.3. The number of methoxy groups -OCH3 is 1. The van der Waals surface area contributed by atoms with Gasteiger partial charge in [0.05, 0.1) is 17.8 Å². The molecule has 0 radical (unpaired) electrons. The van der Waals surface area contributed by atoms with Crippen molar-refractivity contribution in [3.63, 3.8) is 0 Å². The van der Waals surface area contributed by atoms with Crippen molar-refractivity contribution in [2.45, 2.75) is 49.8 Å². The van der Waals surface area contributed by atoms with Gasteiger partial charge in [0.25, 0.3) is 6.47 Å². The number of hydrogen-bond donors (Lipinski definition) is 1. The first-order valence-corrected chi connectivity index (χ1v) is 11.1. The van der Waals surface area contributed by atoms with Gasteiger partial charge in [0.15, 0.2) is 5.16 Å². The summed E-state index contributed by atoms with van der Waals surface area (Å²) in [5.41, 5.74) is -0.449. The molecular weight excluding hydrogens is 408 g/mol. The van der Waals surface area contributed by atoms with Crippen molar-refractivity contribution < 1.29 is 24.2 Å². The molecule has 30 heavy (non-hydrogen) atoms. The van der Waals surface area contributed by atoms with E-state index in [1.165, 1.54) is 11.8 Å². The Morgan fingerprint density at radius 1 is 1.47 bits per heavy atom. The molecule has 1 N–H and O–H groups in total. The summed E-state index contributed by atoms with van der Waals surface area (Å²) in [5.74, 6) is 0.646. The number of carboxylic acid groups (broad SMARTS) is 1. The van der Waals surface area contributed by atoms with E-state index in [1.807, 2.05) is 29.8 Å². The van der Waals surface area contributed by atoms with E-state index in [0.717, 1.165) is 30.8 Å². The average molecular weight is 441 g/mol. The summed E-state index contributed by atoms with van der Waals surface area (Å²) in [5, 5.41) is 7.73. The molecule has 3 atom stereocenters. The van der Waals surface area contributed by atoms with E-state index >= 15 is 0 Å². The molecule has 9 nitrogen and oxygen atoms in total. The highest BCUT2D eigenvalue weighted by Gasteiger charge is 2.60. The summed E-state index contributed by atoms with van der Waals surface area (Å²) in [4.78, 5) is 42.7. The Balaban J connectivity index is 0.00000101. The lowest BCUT2D eigenvalue weighted by molar-refractivity contribution is -0.144. The highest BCUT2D eigenvalue weighted by atomic mass is 32.2. The van der Waals surface area contributed by atoms with Gasteiger partial charge in [-0.2, -0.15) is 0 Å². The minimum absolute atomic E-state index is 0.0134. The van der Waals surface area contributed by atoms with E-state index in [0.29, 0.717) is 18.9 Å². The SMILES string of the molecule is CC[C@]1(C(=O)N(C)CCOC)C[C@H]2CC[C@@H]1N2C(=O)CSc1nccn1C.O=CO. The molecule has 2 bridgehead atoms. The van der Waals surface area contributed by atoms with Crippen molar-refractivity contribution in [2.75, 3.05) is 33.1 Å². The van der Waals surface area contributed by atoms with Crippen LogP contribution in [0, 0.1) is 5.41 Å². The molecule has 168 valence electrons. The lowest BCUT2D eigenvalue weighted by Gasteiger charge is -2.38. The Morgan fingerprint density at radius 2 is 2.17 bits per heavy atom. The number of fused-ring (bicyclic) bond motifs is 2. The van der Waals surface area contributed by atoms with Crippen LogP contribution in [-0.2, 0) is 26.2 Å². The van der Waals surface area contributed by atoms with Gasteiger partial charge in [-0.15, -0.1) is 0 Å². The topological polar surface area (TPSA) is 105 Å². The number of imidazole rings is 1. The molecule has 0 saturated carbocycles. The summed E-state index contributed by atoms with van der Waals surface area (Å²) in [6.07, 6.45) is 7.08. The molecule has 2 amide bonds. The first-order valence-electron chi connectivity index (χ1n) is 10.1. The van der Waals surface area contributed by atoms with Crippen molar-refractivity contribution in [1.82, 2.24) is 19.4 Å². The maximum Gasteiger partial charge on any atom is 0.290 e. The first kappa shape index (κ1) is 24.2. The van der Waals surface area contributed by atoms with Crippen LogP contribution in [-0.4, -0.2) is 87.9 Å². The maximum absolute atomic E-state index is 13.3. The van der Waals surface area contributed by atoms with E-state index in [1.54, 1.807) is 18.2 Å². The van der Waals surface area contributed by atoms with Crippen LogP contribution >= 0.6 is 11.8 Å². The monoisotopic (exact) mass is 440 g/mol. The number of ether oxygens (including phenoxy) is 1. The first-order chi connectivity index (χ1) is 14.4. The molecular formula is C20H32N4O5S. The van der Waals surface area contributed by atoms with Crippen LogP contribution in [0.25, 0.3) is 0 Å². The van der Waals surface area contributed by atoms with Crippen molar-refractivity contribution in [3.8, 4) is 0 Å². The van der Waals surface area contributed by atoms with Gasteiger partial charge in [0.2, 0.25) is 11.8 Å². The highest BCUT2D eigenvalue weighted by molar-refractivity contribution is 7.99. The standard InChI is InChI=1S/C19H30N4O3S.CH2O2/c1-5-19(17(25)21(2)10-11-26-4)12-14-6-7-15(19)23(14)16(24)13-27-18-20-8-9-22(18)3;2-1-3/h8-9,14-15H,5-7,10-13H2,1-4H3;1H,(H,2,3)/t14-,15+,19+;/m1./s1. The Hall–Kier alpha value is -2.07. The summed E-state index contributed by atoms with van der Waals surface area (Å²) < 4.78 is 7.04. The largest absolute Gasteiger partial charge is 0.483 e. The summed E-state index contributed by atoms with van der Waals surface area (Å²) >= 11 is 1.46. The molecule has 3 rings (SSSR count). The minimum atomic E-state index is -0.449. The van der Waals surface area contributed by atoms with Gasteiger partial charge in [0.1, 0.15) is 0 Å². The fourth-order valence-electron chi connectivity index (χ4n) is 4.72. The molecule has 0 aliphatic carbocycles. The fourth-order valence-corrected chi connectivity index (χ4v) is 5.52. The second-order valence-corrected chi connectivity index (χ2v) is 8.64. The minimum Gasteiger partial charge on any atom is -0.483 e. The molecule has 2 saturated heterocycles. The van der Waals surface area contributed by atoms with E-state index < -0.39 is 5.41 Å². The summed E-state index contributed by atoms with van der Waals surface area (Å²) in [6, 6.07) is 0.198. The van der Waals surface area contributed by atoms with Crippen molar-refractivity contribution in [1.29, 1.82) is 0 Å². The number of nitrogens with zero attached hydrogens (tertiary/aromatic N) is 4. The summed E-state index contributed by atoms with van der Waals surface area (Å²) in [7, 11) is 5.41. The number of carbonyl (C=O) groups is 3. The number of rotatable bonds is 8. The quantitative estimate of drug-likeness (QED) is 0.482. The van der Waals surface area contributed by atoms with Gasteiger partial charge in [-0.1, -0.05) is 18.7 Å². The van der Waals surface area contributed by atoms with Gasteiger partial charge in [-0.05, 0) is 25.7 Å². The van der Waals surface area contributed by atoms with E-state index in [2.05, 4.69) is 11.9 Å². The lowest BCUT2D eigenvalue weighted by atomic mass is 9.71. The molecule has 0 aromatic carbocycles. The van der Waals surface area contributed by atoms with Gasteiger partial charge in [0, 0.05) is 52.2 Å². The van der Waals surface area contributed by atoms with Crippen LogP contribution in [0.2, 0.25) is 0 Å². The van der Waals surface area contributed by atoms with E-state index in [4.69, 9.17) is 14.6 Å². The molecule has 3 heterocycles. The van der Waals surface area contributed by atoms with Crippen LogP contribution in [0.3, 0.4) is 0 Å². The third-order valence-corrected chi connectivity index (χ3v) is 7.21. The Morgan fingerprint density at radius 3 is 2.73 bits per heavy atom. The molecule has 1 aromatic rings.